The minimum absolute atomic E-state index is 0.108. The molecule has 0 spiro atoms. The Bertz CT molecular complexity index is 1200. The lowest BCUT2D eigenvalue weighted by atomic mass is 9.96. The Labute approximate surface area is 180 Å². The van der Waals surface area contributed by atoms with Gasteiger partial charge in [0.25, 0.3) is 0 Å². The molecule has 1 atom stereocenters. The molecule has 2 amide bonds. The zero-order chi connectivity index (χ0) is 22.0. The average molecular weight is 413 g/mol. The number of aliphatic imine (C=N–C) groups is 1. The third kappa shape index (κ3) is 4.64. The van der Waals surface area contributed by atoms with E-state index in [1.165, 1.54) is 6.92 Å². The molecule has 6 nitrogen and oxygen atoms in total. The summed E-state index contributed by atoms with van der Waals surface area (Å²) in [7, 11) is 0. The van der Waals surface area contributed by atoms with Crippen molar-refractivity contribution in [2.45, 2.75) is 26.2 Å². The van der Waals surface area contributed by atoms with Crippen molar-refractivity contribution >= 4 is 35.1 Å². The Morgan fingerprint density at radius 1 is 1.13 bits per heavy atom. The number of rotatable bonds is 5. The van der Waals surface area contributed by atoms with Gasteiger partial charge in [-0.2, -0.15) is 0 Å². The normalized spacial score (nSPS) is 15.0. The first-order valence-corrected chi connectivity index (χ1v) is 10.0. The number of carbonyl (C=O) groups is 2. The molecule has 0 fully saturated rings. The van der Waals surface area contributed by atoms with Crippen LogP contribution in [0.15, 0.2) is 65.7 Å². The topological polar surface area (TPSA) is 90.8 Å². The van der Waals surface area contributed by atoms with Crippen LogP contribution in [-0.2, 0) is 16.0 Å². The molecule has 1 aliphatic heterocycles. The Kier molecular flexibility index (Phi) is 5.54. The van der Waals surface area contributed by atoms with Crippen LogP contribution in [0.2, 0.25) is 0 Å². The molecule has 1 aliphatic rings. The molecule has 0 saturated carbocycles. The molecule has 3 N–H and O–H groups in total. The van der Waals surface area contributed by atoms with Gasteiger partial charge in [-0.15, -0.1) is 0 Å². The molecule has 1 heterocycles. The largest absolute Gasteiger partial charge is 0.508 e. The van der Waals surface area contributed by atoms with E-state index in [9.17, 15) is 14.7 Å². The van der Waals surface area contributed by atoms with E-state index in [1.54, 1.807) is 24.4 Å². The number of aromatic hydroxyl groups is 1. The Balaban J connectivity index is 1.57. The van der Waals surface area contributed by atoms with Gasteiger partial charge in [0.2, 0.25) is 11.8 Å². The maximum atomic E-state index is 12.5. The quantitative estimate of drug-likeness (QED) is 0.530. The summed E-state index contributed by atoms with van der Waals surface area (Å²) in [6, 6.07) is 18.8. The maximum absolute atomic E-state index is 12.5. The first-order valence-electron chi connectivity index (χ1n) is 10.0. The van der Waals surface area contributed by atoms with Crippen LogP contribution in [0, 0.1) is 6.92 Å². The fraction of sp³-hybridized carbons (Fsp3) is 0.160. The molecule has 1 unspecified atom stereocenters. The number of benzene rings is 3. The predicted octanol–water partition coefficient (Wildman–Crippen LogP) is 4.69. The fourth-order valence-corrected chi connectivity index (χ4v) is 3.63. The summed E-state index contributed by atoms with van der Waals surface area (Å²) >= 11 is 0. The van der Waals surface area contributed by atoms with Gasteiger partial charge in [-0.05, 0) is 59.9 Å². The number of hydrogen-bond acceptors (Lipinski definition) is 4. The lowest BCUT2D eigenvalue weighted by Crippen LogP contribution is -2.12. The van der Waals surface area contributed by atoms with Crippen molar-refractivity contribution in [3.05, 3.63) is 82.9 Å². The lowest BCUT2D eigenvalue weighted by Gasteiger charge is -2.09. The highest BCUT2D eigenvalue weighted by Crippen LogP contribution is 2.33. The number of hydrogen-bond donors (Lipinski definition) is 3. The number of phenols is 1. The standard InChI is InChI=1S/C25H23N3O3/c1-15-6-8-19(13-24(15)30)26-14-22-21-12-18(7-9-23(21)28-25(22)31)10-17-4-3-5-20(11-17)27-16(2)29/h3-9,11-14,22,30H,10H2,1-2H3,(H,27,29)(H,28,31). The molecule has 0 aliphatic carbocycles. The van der Waals surface area contributed by atoms with Crippen LogP contribution in [0.3, 0.4) is 0 Å². The molecular weight excluding hydrogens is 390 g/mol. The predicted molar refractivity (Wildman–Crippen MR) is 122 cm³/mol. The second kappa shape index (κ2) is 8.44. The maximum Gasteiger partial charge on any atom is 0.237 e. The number of amides is 2. The second-order valence-corrected chi connectivity index (χ2v) is 7.70. The summed E-state index contributed by atoms with van der Waals surface area (Å²) in [4.78, 5) is 28.2. The summed E-state index contributed by atoms with van der Waals surface area (Å²) in [5, 5.41) is 15.6. The van der Waals surface area contributed by atoms with Crippen molar-refractivity contribution in [2.75, 3.05) is 10.6 Å². The first-order chi connectivity index (χ1) is 14.9. The van der Waals surface area contributed by atoms with E-state index < -0.39 is 5.92 Å². The molecule has 0 saturated heterocycles. The number of phenolic OH excluding ortho intramolecular Hbond substituents is 1. The zero-order valence-corrected chi connectivity index (χ0v) is 17.3. The van der Waals surface area contributed by atoms with Gasteiger partial charge >= 0.3 is 0 Å². The molecule has 3 aromatic carbocycles. The van der Waals surface area contributed by atoms with E-state index in [2.05, 4.69) is 15.6 Å². The minimum Gasteiger partial charge on any atom is -0.508 e. The number of aryl methyl sites for hydroxylation is 1. The van der Waals surface area contributed by atoms with Gasteiger partial charge in [0, 0.05) is 30.6 Å². The van der Waals surface area contributed by atoms with Crippen molar-refractivity contribution in [3.8, 4) is 5.75 Å². The number of nitrogens with zero attached hydrogens (tertiary/aromatic N) is 1. The van der Waals surface area contributed by atoms with Crippen molar-refractivity contribution in [3.63, 3.8) is 0 Å². The summed E-state index contributed by atoms with van der Waals surface area (Å²) in [5.41, 5.74) is 5.90. The van der Waals surface area contributed by atoms with Crippen LogP contribution in [0.25, 0.3) is 0 Å². The number of fused-ring (bicyclic) bond motifs is 1. The highest BCUT2D eigenvalue weighted by molar-refractivity contribution is 6.12. The van der Waals surface area contributed by atoms with Crippen molar-refractivity contribution in [1.29, 1.82) is 0 Å². The van der Waals surface area contributed by atoms with Crippen LogP contribution in [0.1, 0.15) is 35.1 Å². The Morgan fingerprint density at radius 2 is 1.94 bits per heavy atom. The van der Waals surface area contributed by atoms with Gasteiger partial charge in [0.05, 0.1) is 5.69 Å². The monoisotopic (exact) mass is 413 g/mol. The smallest absolute Gasteiger partial charge is 0.237 e. The molecule has 3 aromatic rings. The fourth-order valence-electron chi connectivity index (χ4n) is 3.63. The summed E-state index contributed by atoms with van der Waals surface area (Å²) in [6.45, 7) is 3.30. The number of carbonyl (C=O) groups excluding carboxylic acids is 2. The molecule has 156 valence electrons. The SMILES string of the molecule is CC(=O)Nc1cccc(Cc2ccc3c(c2)C(C=Nc2ccc(C)c(O)c2)C(=O)N3)c1. The van der Waals surface area contributed by atoms with Crippen molar-refractivity contribution in [1.82, 2.24) is 0 Å². The zero-order valence-electron chi connectivity index (χ0n) is 17.3. The van der Waals surface area contributed by atoms with Gasteiger partial charge in [-0.3, -0.25) is 14.6 Å². The van der Waals surface area contributed by atoms with Crippen LogP contribution >= 0.6 is 0 Å². The molecule has 31 heavy (non-hydrogen) atoms. The van der Waals surface area contributed by atoms with E-state index in [1.807, 2.05) is 49.4 Å². The summed E-state index contributed by atoms with van der Waals surface area (Å²) < 4.78 is 0. The molecule has 0 bridgehead atoms. The van der Waals surface area contributed by atoms with E-state index in [0.717, 1.165) is 33.6 Å². The van der Waals surface area contributed by atoms with Crippen LogP contribution < -0.4 is 10.6 Å². The lowest BCUT2D eigenvalue weighted by molar-refractivity contribution is -0.116. The minimum atomic E-state index is -0.496. The average Bonchev–Trinajstić information content (AvgIpc) is 3.03. The van der Waals surface area contributed by atoms with E-state index >= 15 is 0 Å². The molecule has 0 aromatic heterocycles. The van der Waals surface area contributed by atoms with E-state index in [-0.39, 0.29) is 17.6 Å². The Morgan fingerprint density at radius 3 is 2.71 bits per heavy atom. The molecule has 6 heteroatoms. The van der Waals surface area contributed by atoms with Gasteiger partial charge in [0.1, 0.15) is 11.7 Å². The van der Waals surface area contributed by atoms with Gasteiger partial charge in [-0.1, -0.05) is 30.3 Å². The highest BCUT2D eigenvalue weighted by Gasteiger charge is 2.29. The first kappa shape index (κ1) is 20.3. The number of nitrogens with one attached hydrogen (secondary N) is 2. The number of anilines is 2. The molecule has 0 radical (unpaired) electrons. The molecular formula is C25H23N3O3. The van der Waals surface area contributed by atoms with Gasteiger partial charge in [-0.25, -0.2) is 0 Å². The van der Waals surface area contributed by atoms with Crippen molar-refractivity contribution < 1.29 is 14.7 Å². The van der Waals surface area contributed by atoms with Crippen molar-refractivity contribution in [2.24, 2.45) is 4.99 Å². The van der Waals surface area contributed by atoms with Crippen LogP contribution in [0.4, 0.5) is 17.1 Å². The Hall–Kier alpha value is -3.93. The third-order valence-corrected chi connectivity index (χ3v) is 5.21. The third-order valence-electron chi connectivity index (χ3n) is 5.21. The van der Waals surface area contributed by atoms with Gasteiger partial charge < -0.3 is 15.7 Å². The van der Waals surface area contributed by atoms with Crippen LogP contribution in [-0.4, -0.2) is 23.1 Å². The van der Waals surface area contributed by atoms with E-state index in [4.69, 9.17) is 0 Å². The summed E-state index contributed by atoms with van der Waals surface area (Å²) in [5.74, 6) is -0.554. The van der Waals surface area contributed by atoms with E-state index in [0.29, 0.717) is 12.1 Å². The highest BCUT2D eigenvalue weighted by atomic mass is 16.3. The van der Waals surface area contributed by atoms with Gasteiger partial charge in [0.15, 0.2) is 0 Å². The molecule has 4 rings (SSSR count). The second-order valence-electron chi connectivity index (χ2n) is 7.70. The van der Waals surface area contributed by atoms with Crippen LogP contribution in [0.5, 0.6) is 5.75 Å². The summed E-state index contributed by atoms with van der Waals surface area (Å²) in [6.07, 6.45) is 2.29.